The largest absolute Gasteiger partial charge is 0.360 e. The average molecular weight is 268 g/mol. The first-order chi connectivity index (χ1) is 9.79. The van der Waals surface area contributed by atoms with Crippen molar-refractivity contribution in [1.82, 2.24) is 20.3 Å². The molecule has 104 valence electrons. The average Bonchev–Trinajstić information content (AvgIpc) is 3.02. The topological polar surface area (TPSA) is 56.5 Å². The highest BCUT2D eigenvalue weighted by molar-refractivity contribution is 5.95. The molecular weight excluding hydrogens is 248 g/mol. The minimum absolute atomic E-state index is 0.976. The second-order valence-corrected chi connectivity index (χ2v) is 5.11. The molecule has 0 spiro atoms. The van der Waals surface area contributed by atoms with E-state index in [2.05, 4.69) is 40.4 Å². The molecule has 3 rings (SSSR count). The van der Waals surface area contributed by atoms with Gasteiger partial charge in [-0.15, -0.1) is 0 Å². The van der Waals surface area contributed by atoms with Crippen LogP contribution in [0.5, 0.6) is 0 Å². The number of imidazole rings is 1. The van der Waals surface area contributed by atoms with Gasteiger partial charge in [-0.1, -0.05) is 18.2 Å². The molecule has 0 aliphatic rings. The molecule has 0 aliphatic heterocycles. The first-order valence-corrected chi connectivity index (χ1v) is 7.06. The number of rotatable bonds is 5. The van der Waals surface area contributed by atoms with Crippen LogP contribution in [0, 0.1) is 6.92 Å². The van der Waals surface area contributed by atoms with Crippen LogP contribution < -0.4 is 5.32 Å². The van der Waals surface area contributed by atoms with E-state index in [1.165, 1.54) is 10.9 Å². The van der Waals surface area contributed by atoms with E-state index in [1.54, 1.807) is 0 Å². The number of aromatic nitrogens is 3. The van der Waals surface area contributed by atoms with Crippen molar-refractivity contribution in [2.24, 2.45) is 0 Å². The van der Waals surface area contributed by atoms with Crippen LogP contribution >= 0.6 is 0 Å². The lowest BCUT2D eigenvalue weighted by molar-refractivity contribution is 0.707. The van der Waals surface area contributed by atoms with E-state index >= 15 is 0 Å². The molecule has 0 unspecified atom stereocenters. The second-order valence-electron chi connectivity index (χ2n) is 5.11. The Hall–Kier alpha value is -2.07. The van der Waals surface area contributed by atoms with Crippen molar-refractivity contribution < 1.29 is 0 Å². The van der Waals surface area contributed by atoms with Crippen molar-refractivity contribution in [3.8, 4) is 11.3 Å². The maximum atomic E-state index is 4.77. The minimum atomic E-state index is 0.976. The molecule has 4 nitrogen and oxygen atoms in total. The molecule has 0 radical (unpaired) electrons. The van der Waals surface area contributed by atoms with Gasteiger partial charge in [-0.3, -0.25) is 0 Å². The summed E-state index contributed by atoms with van der Waals surface area (Å²) in [5, 5.41) is 4.39. The molecule has 0 saturated heterocycles. The fraction of sp³-hybridized carbons (Fsp3) is 0.312. The van der Waals surface area contributed by atoms with Gasteiger partial charge in [-0.2, -0.15) is 0 Å². The van der Waals surface area contributed by atoms with Crippen LogP contribution in [0.1, 0.15) is 17.9 Å². The smallest absolute Gasteiger partial charge is 0.107 e. The molecule has 20 heavy (non-hydrogen) atoms. The van der Waals surface area contributed by atoms with Gasteiger partial charge in [-0.05, 0) is 33.0 Å². The first-order valence-electron chi connectivity index (χ1n) is 7.06. The molecule has 3 aromatic rings. The number of aryl methyl sites for hydroxylation is 2. The van der Waals surface area contributed by atoms with Gasteiger partial charge in [0.2, 0.25) is 0 Å². The molecule has 0 amide bonds. The minimum Gasteiger partial charge on any atom is -0.360 e. The third kappa shape index (κ3) is 2.34. The van der Waals surface area contributed by atoms with Gasteiger partial charge >= 0.3 is 0 Å². The standard InChI is InChI=1S/C16H20N4/c1-11-16(20-15(19-11)8-5-9-17-2)13-10-18-14-7-4-3-6-12(13)14/h3-4,6-7,10,17-18H,5,8-9H2,1-2H3,(H,19,20). The normalized spacial score (nSPS) is 11.3. The third-order valence-electron chi connectivity index (χ3n) is 3.62. The summed E-state index contributed by atoms with van der Waals surface area (Å²) < 4.78 is 0. The van der Waals surface area contributed by atoms with E-state index in [9.17, 15) is 0 Å². The number of para-hydroxylation sites is 1. The fourth-order valence-corrected chi connectivity index (χ4v) is 2.60. The molecule has 4 heteroatoms. The summed E-state index contributed by atoms with van der Waals surface area (Å²) in [7, 11) is 1.98. The maximum absolute atomic E-state index is 4.77. The van der Waals surface area contributed by atoms with Crippen molar-refractivity contribution in [2.45, 2.75) is 19.8 Å². The van der Waals surface area contributed by atoms with Gasteiger partial charge in [0, 0.05) is 34.8 Å². The van der Waals surface area contributed by atoms with E-state index in [1.807, 2.05) is 19.3 Å². The van der Waals surface area contributed by atoms with Crippen LogP contribution in [0.2, 0.25) is 0 Å². The van der Waals surface area contributed by atoms with Gasteiger partial charge in [-0.25, -0.2) is 4.98 Å². The van der Waals surface area contributed by atoms with E-state index < -0.39 is 0 Å². The molecule has 2 aromatic heterocycles. The van der Waals surface area contributed by atoms with Crippen LogP contribution in [-0.2, 0) is 6.42 Å². The Labute approximate surface area is 118 Å². The molecule has 1 aromatic carbocycles. The van der Waals surface area contributed by atoms with Crippen molar-refractivity contribution in [3.63, 3.8) is 0 Å². The van der Waals surface area contributed by atoms with E-state index in [0.717, 1.165) is 42.1 Å². The number of aromatic amines is 2. The number of hydrogen-bond donors (Lipinski definition) is 3. The number of hydrogen-bond acceptors (Lipinski definition) is 2. The summed E-state index contributed by atoms with van der Waals surface area (Å²) in [6.07, 6.45) is 4.12. The quantitative estimate of drug-likeness (QED) is 0.623. The van der Waals surface area contributed by atoms with Crippen LogP contribution in [0.15, 0.2) is 30.5 Å². The fourth-order valence-electron chi connectivity index (χ4n) is 2.60. The summed E-state index contributed by atoms with van der Waals surface area (Å²) >= 11 is 0. The summed E-state index contributed by atoms with van der Waals surface area (Å²) in [6, 6.07) is 8.34. The Morgan fingerprint density at radius 2 is 2.10 bits per heavy atom. The SMILES string of the molecule is CNCCCc1nc(-c2c[nH]c3ccccc23)c(C)[nH]1. The van der Waals surface area contributed by atoms with Crippen molar-refractivity contribution in [3.05, 3.63) is 42.0 Å². The van der Waals surface area contributed by atoms with Crippen LogP contribution in [0.4, 0.5) is 0 Å². The van der Waals surface area contributed by atoms with Gasteiger partial charge in [0.1, 0.15) is 5.82 Å². The second kappa shape index (κ2) is 5.51. The van der Waals surface area contributed by atoms with Gasteiger partial charge in [0.05, 0.1) is 5.69 Å². The molecule has 2 heterocycles. The third-order valence-corrected chi connectivity index (χ3v) is 3.62. The number of H-pyrrole nitrogens is 2. The number of fused-ring (bicyclic) bond motifs is 1. The predicted octanol–water partition coefficient (Wildman–Crippen LogP) is 3.02. The number of nitrogens with zero attached hydrogens (tertiary/aromatic N) is 1. The number of benzene rings is 1. The number of nitrogens with one attached hydrogen (secondary N) is 3. The summed E-state index contributed by atoms with van der Waals surface area (Å²) in [5.41, 5.74) is 4.52. The lowest BCUT2D eigenvalue weighted by Crippen LogP contribution is -2.08. The maximum Gasteiger partial charge on any atom is 0.107 e. The summed E-state index contributed by atoms with van der Waals surface area (Å²) in [6.45, 7) is 3.11. The summed E-state index contributed by atoms with van der Waals surface area (Å²) in [5.74, 6) is 1.07. The zero-order valence-electron chi connectivity index (χ0n) is 12.0. The van der Waals surface area contributed by atoms with E-state index in [0.29, 0.717) is 0 Å². The highest BCUT2D eigenvalue weighted by atomic mass is 14.9. The molecular formula is C16H20N4. The highest BCUT2D eigenvalue weighted by Gasteiger charge is 2.12. The van der Waals surface area contributed by atoms with E-state index in [-0.39, 0.29) is 0 Å². The molecule has 0 aliphatic carbocycles. The molecule has 0 bridgehead atoms. The Kier molecular flexibility index (Phi) is 3.56. The van der Waals surface area contributed by atoms with Gasteiger partial charge in [0.15, 0.2) is 0 Å². The van der Waals surface area contributed by atoms with Crippen molar-refractivity contribution in [2.75, 3.05) is 13.6 Å². The molecule has 0 saturated carbocycles. The monoisotopic (exact) mass is 268 g/mol. The Morgan fingerprint density at radius 3 is 2.95 bits per heavy atom. The Bertz CT molecular complexity index is 708. The van der Waals surface area contributed by atoms with Crippen LogP contribution in [0.25, 0.3) is 22.2 Å². The molecule has 0 fully saturated rings. The van der Waals surface area contributed by atoms with Gasteiger partial charge in [0.25, 0.3) is 0 Å². The zero-order chi connectivity index (χ0) is 13.9. The Morgan fingerprint density at radius 1 is 1.25 bits per heavy atom. The van der Waals surface area contributed by atoms with Crippen molar-refractivity contribution >= 4 is 10.9 Å². The summed E-state index contributed by atoms with van der Waals surface area (Å²) in [4.78, 5) is 11.5. The van der Waals surface area contributed by atoms with Crippen LogP contribution in [0.3, 0.4) is 0 Å². The highest BCUT2D eigenvalue weighted by Crippen LogP contribution is 2.29. The first kappa shape index (κ1) is 12.9. The lowest BCUT2D eigenvalue weighted by atomic mass is 10.1. The van der Waals surface area contributed by atoms with Crippen molar-refractivity contribution in [1.29, 1.82) is 0 Å². The molecule has 3 N–H and O–H groups in total. The van der Waals surface area contributed by atoms with Crippen LogP contribution in [-0.4, -0.2) is 28.5 Å². The lowest BCUT2D eigenvalue weighted by Gasteiger charge is -1.96. The zero-order valence-corrected chi connectivity index (χ0v) is 12.0. The molecule has 0 atom stereocenters. The van der Waals surface area contributed by atoms with Gasteiger partial charge < -0.3 is 15.3 Å². The Balaban J connectivity index is 1.93. The predicted molar refractivity (Wildman–Crippen MR) is 82.9 cm³/mol. The van der Waals surface area contributed by atoms with E-state index in [4.69, 9.17) is 4.98 Å².